The first kappa shape index (κ1) is 10.5. The zero-order chi connectivity index (χ0) is 10.3. The molecule has 3 nitrogen and oxygen atoms in total. The monoisotopic (exact) mass is 353 g/mol. The van der Waals surface area contributed by atoms with Crippen LogP contribution < -0.4 is 0 Å². The molecule has 2 aromatic heterocycles. The Labute approximate surface area is 106 Å². The van der Waals surface area contributed by atoms with E-state index in [1.54, 1.807) is 16.0 Å². The second-order valence-corrected chi connectivity index (χ2v) is 6.24. The number of nitrogens with zero attached hydrogens (tertiary/aromatic N) is 2. The van der Waals surface area contributed by atoms with Gasteiger partial charge < -0.3 is 0 Å². The molecule has 0 bridgehead atoms. The molecule has 0 atom stereocenters. The first-order valence-electron chi connectivity index (χ1n) is 3.66. The van der Waals surface area contributed by atoms with Gasteiger partial charge in [0.1, 0.15) is 0 Å². The third-order valence-corrected chi connectivity index (χ3v) is 5.27. The number of thiophene rings is 1. The van der Waals surface area contributed by atoms with Crippen molar-refractivity contribution in [3.8, 4) is 10.7 Å². The van der Waals surface area contributed by atoms with Crippen LogP contribution in [0.15, 0.2) is 14.3 Å². The van der Waals surface area contributed by atoms with Crippen molar-refractivity contribution in [2.45, 2.75) is 0 Å². The van der Waals surface area contributed by atoms with Crippen LogP contribution in [0, 0.1) is 4.77 Å². The van der Waals surface area contributed by atoms with Crippen LogP contribution in [-0.2, 0) is 7.05 Å². The fraction of sp³-hybridized carbons (Fsp3) is 0.143. The molecular weight excluding hydrogens is 350 g/mol. The molecule has 0 saturated carbocycles. The van der Waals surface area contributed by atoms with Crippen LogP contribution in [0.25, 0.3) is 10.7 Å². The predicted octanol–water partition coefficient (Wildman–Crippen LogP) is 3.73. The summed E-state index contributed by atoms with van der Waals surface area (Å²) in [5, 5.41) is 3.07. The van der Waals surface area contributed by atoms with Crippen molar-refractivity contribution < 1.29 is 0 Å². The van der Waals surface area contributed by atoms with E-state index in [2.05, 4.69) is 41.9 Å². The number of hydrogen-bond donors (Lipinski definition) is 1. The first-order chi connectivity index (χ1) is 6.58. The molecule has 14 heavy (non-hydrogen) atoms. The van der Waals surface area contributed by atoms with Crippen LogP contribution in [-0.4, -0.2) is 14.8 Å². The van der Waals surface area contributed by atoms with E-state index in [0.29, 0.717) is 4.77 Å². The molecule has 0 aliphatic carbocycles. The number of rotatable bonds is 1. The van der Waals surface area contributed by atoms with Crippen LogP contribution >= 0.6 is 55.4 Å². The number of halogens is 2. The molecule has 1 N–H and O–H groups in total. The van der Waals surface area contributed by atoms with Gasteiger partial charge in [0.25, 0.3) is 0 Å². The van der Waals surface area contributed by atoms with E-state index in [1.807, 2.05) is 13.1 Å². The first-order valence-corrected chi connectivity index (χ1v) is 6.47. The fourth-order valence-corrected chi connectivity index (χ4v) is 3.09. The molecule has 74 valence electrons. The number of hydrogen-bond acceptors (Lipinski definition) is 3. The molecule has 2 aromatic rings. The maximum atomic E-state index is 5.02. The molecule has 0 unspecified atom stereocenters. The average Bonchev–Trinajstić information content (AvgIpc) is 2.60. The highest BCUT2D eigenvalue weighted by atomic mass is 79.9. The van der Waals surface area contributed by atoms with Gasteiger partial charge in [0.15, 0.2) is 5.82 Å². The number of aryl methyl sites for hydroxylation is 1. The predicted molar refractivity (Wildman–Crippen MR) is 67.1 cm³/mol. The van der Waals surface area contributed by atoms with Gasteiger partial charge in [0.2, 0.25) is 4.77 Å². The van der Waals surface area contributed by atoms with Gasteiger partial charge in [-0.05, 0) is 50.1 Å². The molecule has 7 heteroatoms. The van der Waals surface area contributed by atoms with Crippen LogP contribution in [0.5, 0.6) is 0 Å². The summed E-state index contributed by atoms with van der Waals surface area (Å²) in [4.78, 5) is 5.28. The number of H-pyrrole nitrogens is 1. The molecule has 0 saturated heterocycles. The zero-order valence-corrected chi connectivity index (χ0v) is 11.8. The van der Waals surface area contributed by atoms with Gasteiger partial charge >= 0.3 is 0 Å². The fourth-order valence-electron chi connectivity index (χ4n) is 0.976. The third-order valence-electron chi connectivity index (χ3n) is 1.65. The van der Waals surface area contributed by atoms with E-state index in [-0.39, 0.29) is 0 Å². The normalized spacial score (nSPS) is 10.8. The summed E-state index contributed by atoms with van der Waals surface area (Å²) in [6, 6.07) is 2.00. The molecule has 2 rings (SSSR count). The zero-order valence-electron chi connectivity index (χ0n) is 7.04. The largest absolute Gasteiger partial charge is 0.279 e. The second-order valence-electron chi connectivity index (χ2n) is 2.65. The summed E-state index contributed by atoms with van der Waals surface area (Å²) in [6.07, 6.45) is 0. The third kappa shape index (κ3) is 1.86. The van der Waals surface area contributed by atoms with Crippen molar-refractivity contribution in [2.24, 2.45) is 7.05 Å². The Morgan fingerprint density at radius 2 is 2.29 bits per heavy atom. The van der Waals surface area contributed by atoms with Crippen LogP contribution in [0.2, 0.25) is 0 Å². The lowest BCUT2D eigenvalue weighted by atomic mass is 10.4. The van der Waals surface area contributed by atoms with Gasteiger partial charge in [0, 0.05) is 11.5 Å². The molecule has 0 aliphatic heterocycles. The van der Waals surface area contributed by atoms with Crippen LogP contribution in [0.1, 0.15) is 0 Å². The van der Waals surface area contributed by atoms with E-state index in [9.17, 15) is 0 Å². The van der Waals surface area contributed by atoms with Gasteiger partial charge in [-0.25, -0.2) is 0 Å². The maximum absolute atomic E-state index is 5.02. The molecule has 0 aromatic carbocycles. The second kappa shape index (κ2) is 3.88. The van der Waals surface area contributed by atoms with Crippen LogP contribution in [0.3, 0.4) is 0 Å². The molecule has 0 aliphatic rings. The molecule has 0 radical (unpaired) electrons. The Morgan fingerprint density at radius 1 is 1.57 bits per heavy atom. The van der Waals surface area contributed by atoms with Gasteiger partial charge in [-0.3, -0.25) is 9.78 Å². The number of aromatic amines is 1. The van der Waals surface area contributed by atoms with Crippen LogP contribution in [0.4, 0.5) is 0 Å². The highest BCUT2D eigenvalue weighted by Crippen LogP contribution is 2.36. The number of nitrogens with one attached hydrogen (secondary N) is 1. The topological polar surface area (TPSA) is 33.6 Å². The Kier molecular flexibility index (Phi) is 2.92. The summed E-state index contributed by atoms with van der Waals surface area (Å²) < 4.78 is 4.35. The van der Waals surface area contributed by atoms with E-state index in [4.69, 9.17) is 12.2 Å². The minimum atomic E-state index is 0.556. The molecular formula is C7H5Br2N3S2. The maximum Gasteiger partial charge on any atom is 0.216 e. The summed E-state index contributed by atoms with van der Waals surface area (Å²) in [7, 11) is 1.84. The Bertz CT molecular complexity index is 506. The standard InChI is InChI=1S/C7H5Br2N3S2/c1-12-7(13)10-6(11-12)4-2-3(8)5(9)14-4/h2H,1H3,(H,10,11,13). The lowest BCUT2D eigenvalue weighted by Gasteiger charge is -1.88. The Morgan fingerprint density at radius 3 is 2.71 bits per heavy atom. The number of aromatic nitrogens is 3. The summed E-state index contributed by atoms with van der Waals surface area (Å²) in [5.74, 6) is 0.800. The molecule has 0 amide bonds. The summed E-state index contributed by atoms with van der Waals surface area (Å²) in [5.41, 5.74) is 0. The average molecular weight is 355 g/mol. The van der Waals surface area contributed by atoms with E-state index in [1.165, 1.54) is 0 Å². The van der Waals surface area contributed by atoms with E-state index in [0.717, 1.165) is 19.0 Å². The lowest BCUT2D eigenvalue weighted by Crippen LogP contribution is -1.88. The molecule has 0 spiro atoms. The minimum Gasteiger partial charge on any atom is -0.279 e. The van der Waals surface area contributed by atoms with E-state index < -0.39 is 0 Å². The molecule has 0 fully saturated rings. The van der Waals surface area contributed by atoms with Gasteiger partial charge in [-0.2, -0.15) is 4.98 Å². The summed E-state index contributed by atoms with van der Waals surface area (Å²) in [6.45, 7) is 0. The smallest absolute Gasteiger partial charge is 0.216 e. The van der Waals surface area contributed by atoms with E-state index >= 15 is 0 Å². The highest BCUT2D eigenvalue weighted by Gasteiger charge is 2.09. The van der Waals surface area contributed by atoms with Crippen molar-refractivity contribution in [3.05, 3.63) is 19.1 Å². The van der Waals surface area contributed by atoms with Gasteiger partial charge in [0.05, 0.1) is 8.66 Å². The SMILES string of the molecule is Cn1[nH]c(-c2cc(Br)c(Br)s2)nc1=S. The van der Waals surface area contributed by atoms with Crippen molar-refractivity contribution in [1.82, 2.24) is 14.8 Å². The molecule has 2 heterocycles. The quantitative estimate of drug-likeness (QED) is 0.791. The van der Waals surface area contributed by atoms with Gasteiger partial charge in [-0.1, -0.05) is 0 Å². The highest BCUT2D eigenvalue weighted by molar-refractivity contribution is 9.13. The minimum absolute atomic E-state index is 0.556. The Hall–Kier alpha value is 0.0200. The van der Waals surface area contributed by atoms with Crippen molar-refractivity contribution in [3.63, 3.8) is 0 Å². The Balaban J connectivity index is 2.54. The van der Waals surface area contributed by atoms with Gasteiger partial charge in [-0.15, -0.1) is 11.3 Å². The van der Waals surface area contributed by atoms with Crippen molar-refractivity contribution in [1.29, 1.82) is 0 Å². The lowest BCUT2D eigenvalue weighted by molar-refractivity contribution is 0.756. The summed E-state index contributed by atoms with van der Waals surface area (Å²) >= 11 is 13.5. The van der Waals surface area contributed by atoms with Crippen molar-refractivity contribution >= 4 is 55.4 Å². The van der Waals surface area contributed by atoms with Crippen molar-refractivity contribution in [2.75, 3.05) is 0 Å².